The lowest BCUT2D eigenvalue weighted by atomic mass is 10.2. The van der Waals surface area contributed by atoms with Gasteiger partial charge in [-0.1, -0.05) is 17.7 Å². The van der Waals surface area contributed by atoms with Crippen LogP contribution in [0.1, 0.15) is 18.4 Å². The van der Waals surface area contributed by atoms with E-state index in [9.17, 15) is 13.6 Å². The molecule has 2 N–H and O–H groups in total. The molecule has 0 aromatic heterocycles. The molecule has 1 atom stereocenters. The molecule has 0 saturated heterocycles. The van der Waals surface area contributed by atoms with Crippen LogP contribution < -0.4 is 10.1 Å². The lowest BCUT2D eigenvalue weighted by molar-refractivity contribution is -0.122. The first-order chi connectivity index (χ1) is 9.49. The van der Waals surface area contributed by atoms with Gasteiger partial charge in [-0.2, -0.15) is 0 Å². The fourth-order valence-corrected chi connectivity index (χ4v) is 1.45. The van der Waals surface area contributed by atoms with Crippen LogP contribution >= 0.6 is 0 Å². The third-order valence-corrected chi connectivity index (χ3v) is 2.64. The number of benzene rings is 1. The van der Waals surface area contributed by atoms with Crippen molar-refractivity contribution in [2.24, 2.45) is 0 Å². The molecule has 0 heterocycles. The summed E-state index contributed by atoms with van der Waals surface area (Å²) in [6.45, 7) is 1.91. The average Bonchev–Trinajstić information content (AvgIpc) is 2.42. The van der Waals surface area contributed by atoms with Crippen molar-refractivity contribution in [3.8, 4) is 5.75 Å². The molecule has 0 aliphatic heterocycles. The Labute approximate surface area is 116 Å². The molecule has 112 valence electrons. The van der Waals surface area contributed by atoms with Crippen molar-refractivity contribution in [1.82, 2.24) is 5.32 Å². The SMILES string of the molecule is Cc1ccc(OCCCC(=O)NCC(O)C(F)F)cc1. The van der Waals surface area contributed by atoms with Crippen molar-refractivity contribution in [2.75, 3.05) is 13.2 Å². The Morgan fingerprint density at radius 3 is 2.60 bits per heavy atom. The van der Waals surface area contributed by atoms with Gasteiger partial charge < -0.3 is 15.2 Å². The Morgan fingerprint density at radius 1 is 1.35 bits per heavy atom. The summed E-state index contributed by atoms with van der Waals surface area (Å²) in [6.07, 6.45) is -4.02. The number of aliphatic hydroxyl groups excluding tert-OH is 1. The highest BCUT2D eigenvalue weighted by molar-refractivity contribution is 5.75. The number of hydrogen-bond donors (Lipinski definition) is 2. The molecule has 0 aliphatic rings. The molecular formula is C14H19F2NO3. The van der Waals surface area contributed by atoms with E-state index in [0.717, 1.165) is 11.3 Å². The van der Waals surface area contributed by atoms with Crippen LogP contribution in [-0.4, -0.2) is 36.7 Å². The molecule has 4 nitrogen and oxygen atoms in total. The van der Waals surface area contributed by atoms with E-state index in [4.69, 9.17) is 9.84 Å². The first-order valence-electron chi connectivity index (χ1n) is 6.41. The number of halogens is 2. The summed E-state index contributed by atoms with van der Waals surface area (Å²) in [4.78, 5) is 11.3. The van der Waals surface area contributed by atoms with Crippen molar-refractivity contribution in [1.29, 1.82) is 0 Å². The van der Waals surface area contributed by atoms with Crippen molar-refractivity contribution < 1.29 is 23.4 Å². The first kappa shape index (κ1) is 16.4. The van der Waals surface area contributed by atoms with E-state index in [0.29, 0.717) is 13.0 Å². The van der Waals surface area contributed by atoms with Gasteiger partial charge in [0.05, 0.1) is 6.61 Å². The highest BCUT2D eigenvalue weighted by Crippen LogP contribution is 2.11. The Balaban J connectivity index is 2.11. The second-order valence-corrected chi connectivity index (χ2v) is 4.47. The fourth-order valence-electron chi connectivity index (χ4n) is 1.45. The summed E-state index contributed by atoms with van der Waals surface area (Å²) in [7, 11) is 0. The Morgan fingerprint density at radius 2 is 2.00 bits per heavy atom. The molecular weight excluding hydrogens is 268 g/mol. The van der Waals surface area contributed by atoms with E-state index >= 15 is 0 Å². The predicted molar refractivity (Wildman–Crippen MR) is 70.9 cm³/mol. The molecule has 1 amide bonds. The van der Waals surface area contributed by atoms with Crippen LogP contribution in [0.4, 0.5) is 8.78 Å². The van der Waals surface area contributed by atoms with Crippen molar-refractivity contribution >= 4 is 5.91 Å². The van der Waals surface area contributed by atoms with E-state index < -0.39 is 19.1 Å². The topological polar surface area (TPSA) is 58.6 Å². The van der Waals surface area contributed by atoms with E-state index in [-0.39, 0.29) is 12.3 Å². The number of alkyl halides is 2. The molecule has 1 aromatic rings. The van der Waals surface area contributed by atoms with Gasteiger partial charge in [0.25, 0.3) is 6.43 Å². The van der Waals surface area contributed by atoms with E-state index in [1.54, 1.807) is 0 Å². The van der Waals surface area contributed by atoms with Gasteiger partial charge in [0.2, 0.25) is 5.91 Å². The Hall–Kier alpha value is -1.69. The van der Waals surface area contributed by atoms with Crippen LogP contribution in [0.15, 0.2) is 24.3 Å². The zero-order valence-electron chi connectivity index (χ0n) is 11.3. The van der Waals surface area contributed by atoms with Crippen LogP contribution in [0.3, 0.4) is 0 Å². The van der Waals surface area contributed by atoms with Gasteiger partial charge in [-0.15, -0.1) is 0 Å². The van der Waals surface area contributed by atoms with Gasteiger partial charge in [-0.05, 0) is 25.5 Å². The summed E-state index contributed by atoms with van der Waals surface area (Å²) >= 11 is 0. The highest BCUT2D eigenvalue weighted by Gasteiger charge is 2.17. The molecule has 0 aliphatic carbocycles. The fraction of sp³-hybridized carbons (Fsp3) is 0.500. The minimum Gasteiger partial charge on any atom is -0.494 e. The molecule has 1 unspecified atom stereocenters. The minimum absolute atomic E-state index is 0.168. The Kier molecular flexibility index (Phi) is 6.93. The number of hydrogen-bond acceptors (Lipinski definition) is 3. The number of carbonyl (C=O) groups excluding carboxylic acids is 1. The molecule has 0 radical (unpaired) electrons. The number of carbonyl (C=O) groups is 1. The maximum atomic E-state index is 12.0. The van der Waals surface area contributed by atoms with Gasteiger partial charge in [0.1, 0.15) is 11.9 Å². The molecule has 0 bridgehead atoms. The van der Waals surface area contributed by atoms with Crippen LogP contribution in [0, 0.1) is 6.92 Å². The summed E-state index contributed by atoms with van der Waals surface area (Å²) in [5.74, 6) is 0.348. The minimum atomic E-state index is -2.85. The lowest BCUT2D eigenvalue weighted by Crippen LogP contribution is -2.35. The molecule has 20 heavy (non-hydrogen) atoms. The maximum Gasteiger partial charge on any atom is 0.265 e. The first-order valence-corrected chi connectivity index (χ1v) is 6.41. The second-order valence-electron chi connectivity index (χ2n) is 4.47. The molecule has 0 fully saturated rings. The smallest absolute Gasteiger partial charge is 0.265 e. The molecule has 0 spiro atoms. The van der Waals surface area contributed by atoms with Gasteiger partial charge >= 0.3 is 0 Å². The van der Waals surface area contributed by atoms with Gasteiger partial charge in [0.15, 0.2) is 0 Å². The molecule has 1 aromatic carbocycles. The Bertz CT molecular complexity index is 409. The number of aliphatic hydroxyl groups is 1. The monoisotopic (exact) mass is 287 g/mol. The normalized spacial score (nSPS) is 12.2. The molecule has 0 saturated carbocycles. The van der Waals surface area contributed by atoms with Crippen molar-refractivity contribution in [3.05, 3.63) is 29.8 Å². The standard InChI is InChI=1S/C14H19F2NO3/c1-10-4-6-11(7-5-10)20-8-2-3-13(19)17-9-12(18)14(15)16/h4-7,12,14,18H,2-3,8-9H2,1H3,(H,17,19). The van der Waals surface area contributed by atoms with Crippen molar-refractivity contribution in [2.45, 2.75) is 32.3 Å². The zero-order chi connectivity index (χ0) is 15.0. The van der Waals surface area contributed by atoms with E-state index in [1.807, 2.05) is 31.2 Å². The average molecular weight is 287 g/mol. The largest absolute Gasteiger partial charge is 0.494 e. The maximum absolute atomic E-state index is 12.0. The van der Waals surface area contributed by atoms with Gasteiger partial charge in [0, 0.05) is 13.0 Å². The number of aryl methyl sites for hydroxylation is 1. The van der Waals surface area contributed by atoms with Gasteiger partial charge in [-0.3, -0.25) is 4.79 Å². The third-order valence-electron chi connectivity index (χ3n) is 2.64. The summed E-state index contributed by atoms with van der Waals surface area (Å²) in [6, 6.07) is 7.53. The third kappa shape index (κ3) is 6.47. The lowest BCUT2D eigenvalue weighted by Gasteiger charge is -2.11. The van der Waals surface area contributed by atoms with Gasteiger partial charge in [-0.25, -0.2) is 8.78 Å². The number of ether oxygens (including phenoxy) is 1. The number of nitrogens with one attached hydrogen (secondary N) is 1. The predicted octanol–water partition coefficient (Wildman–Crippen LogP) is 1.90. The van der Waals surface area contributed by atoms with Crippen LogP contribution in [-0.2, 0) is 4.79 Å². The summed E-state index contributed by atoms with van der Waals surface area (Å²) in [5, 5.41) is 11.1. The van der Waals surface area contributed by atoms with E-state index in [2.05, 4.69) is 5.32 Å². The quantitative estimate of drug-likeness (QED) is 0.718. The zero-order valence-corrected chi connectivity index (χ0v) is 11.3. The van der Waals surface area contributed by atoms with Crippen LogP contribution in [0.25, 0.3) is 0 Å². The van der Waals surface area contributed by atoms with E-state index in [1.165, 1.54) is 0 Å². The second kappa shape index (κ2) is 8.47. The summed E-state index contributed by atoms with van der Waals surface area (Å²) in [5.41, 5.74) is 1.13. The molecule has 1 rings (SSSR count). The number of rotatable bonds is 8. The van der Waals surface area contributed by atoms with Crippen LogP contribution in [0.5, 0.6) is 5.75 Å². The van der Waals surface area contributed by atoms with Crippen LogP contribution in [0.2, 0.25) is 0 Å². The number of amides is 1. The highest BCUT2D eigenvalue weighted by atomic mass is 19.3. The summed E-state index contributed by atoms with van der Waals surface area (Å²) < 4.78 is 29.4. The van der Waals surface area contributed by atoms with Crippen molar-refractivity contribution in [3.63, 3.8) is 0 Å². The molecule has 6 heteroatoms.